The molecule has 1 aliphatic rings. The molecule has 0 bridgehead atoms. The topological polar surface area (TPSA) is 47.7 Å². The van der Waals surface area contributed by atoms with Crippen LogP contribution in [0.2, 0.25) is 0 Å². The SMILES string of the molecule is CCC(CN)(COC)N1CCCC(OC)C1. The summed E-state index contributed by atoms with van der Waals surface area (Å²) in [5, 5.41) is 0. The number of hydrogen-bond donors (Lipinski definition) is 1. The van der Waals surface area contributed by atoms with E-state index in [-0.39, 0.29) is 5.54 Å². The summed E-state index contributed by atoms with van der Waals surface area (Å²) < 4.78 is 10.8. The van der Waals surface area contributed by atoms with Crippen molar-refractivity contribution in [3.05, 3.63) is 0 Å². The molecule has 0 amide bonds. The first-order valence-electron chi connectivity index (χ1n) is 6.19. The number of piperidine rings is 1. The first kappa shape index (κ1) is 13.9. The Morgan fingerprint density at radius 3 is 2.69 bits per heavy atom. The Labute approximate surface area is 99.1 Å². The van der Waals surface area contributed by atoms with Gasteiger partial charge < -0.3 is 15.2 Å². The van der Waals surface area contributed by atoms with Crippen molar-refractivity contribution < 1.29 is 9.47 Å². The van der Waals surface area contributed by atoms with E-state index in [1.165, 1.54) is 6.42 Å². The van der Waals surface area contributed by atoms with Gasteiger partial charge >= 0.3 is 0 Å². The van der Waals surface area contributed by atoms with Crippen LogP contribution < -0.4 is 5.73 Å². The summed E-state index contributed by atoms with van der Waals surface area (Å²) in [5.41, 5.74) is 5.95. The molecule has 4 heteroatoms. The van der Waals surface area contributed by atoms with Gasteiger partial charge in [0, 0.05) is 27.3 Å². The average molecular weight is 230 g/mol. The summed E-state index contributed by atoms with van der Waals surface area (Å²) in [6, 6.07) is 0. The minimum absolute atomic E-state index is 0.00799. The quantitative estimate of drug-likeness (QED) is 0.735. The number of ether oxygens (including phenoxy) is 2. The van der Waals surface area contributed by atoms with Crippen molar-refractivity contribution in [2.24, 2.45) is 5.73 Å². The zero-order valence-electron chi connectivity index (χ0n) is 10.9. The first-order valence-corrected chi connectivity index (χ1v) is 6.19. The van der Waals surface area contributed by atoms with Crippen LogP contribution in [0.3, 0.4) is 0 Å². The molecule has 0 aliphatic carbocycles. The molecule has 1 aliphatic heterocycles. The van der Waals surface area contributed by atoms with Crippen molar-refractivity contribution >= 4 is 0 Å². The fourth-order valence-corrected chi connectivity index (χ4v) is 2.58. The highest BCUT2D eigenvalue weighted by Crippen LogP contribution is 2.25. The van der Waals surface area contributed by atoms with Crippen molar-refractivity contribution in [2.45, 2.75) is 37.8 Å². The van der Waals surface area contributed by atoms with Crippen LogP contribution in [-0.4, -0.2) is 57.0 Å². The van der Waals surface area contributed by atoms with Gasteiger partial charge in [-0.3, -0.25) is 4.90 Å². The third kappa shape index (κ3) is 2.94. The molecule has 0 saturated carbocycles. The summed E-state index contributed by atoms with van der Waals surface area (Å²) in [4.78, 5) is 2.45. The van der Waals surface area contributed by atoms with E-state index in [2.05, 4.69) is 11.8 Å². The minimum Gasteiger partial charge on any atom is -0.383 e. The van der Waals surface area contributed by atoms with Gasteiger partial charge in [0.2, 0.25) is 0 Å². The van der Waals surface area contributed by atoms with Crippen molar-refractivity contribution in [1.82, 2.24) is 4.90 Å². The van der Waals surface area contributed by atoms with Gasteiger partial charge in [-0.2, -0.15) is 0 Å². The summed E-state index contributed by atoms with van der Waals surface area (Å²) in [6.45, 7) is 5.62. The molecule has 0 spiro atoms. The second-order valence-electron chi connectivity index (χ2n) is 4.66. The second-order valence-corrected chi connectivity index (χ2v) is 4.66. The predicted molar refractivity (Wildman–Crippen MR) is 65.6 cm³/mol. The van der Waals surface area contributed by atoms with E-state index in [0.29, 0.717) is 19.3 Å². The smallest absolute Gasteiger partial charge is 0.0698 e. The van der Waals surface area contributed by atoms with E-state index in [4.69, 9.17) is 15.2 Å². The molecule has 16 heavy (non-hydrogen) atoms. The molecule has 1 fully saturated rings. The van der Waals surface area contributed by atoms with Gasteiger partial charge in [0.25, 0.3) is 0 Å². The molecule has 2 atom stereocenters. The lowest BCUT2D eigenvalue weighted by Gasteiger charge is -2.46. The van der Waals surface area contributed by atoms with Crippen LogP contribution in [0.5, 0.6) is 0 Å². The number of hydrogen-bond acceptors (Lipinski definition) is 4. The van der Waals surface area contributed by atoms with Crippen LogP contribution in [0, 0.1) is 0 Å². The molecule has 0 aromatic heterocycles. The minimum atomic E-state index is -0.00799. The van der Waals surface area contributed by atoms with Gasteiger partial charge in [0.1, 0.15) is 0 Å². The molecule has 2 N–H and O–H groups in total. The largest absolute Gasteiger partial charge is 0.383 e. The third-order valence-corrected chi connectivity index (χ3v) is 3.83. The number of methoxy groups -OCH3 is 2. The van der Waals surface area contributed by atoms with E-state index in [1.807, 2.05) is 0 Å². The van der Waals surface area contributed by atoms with Crippen LogP contribution in [0.15, 0.2) is 0 Å². The molecular formula is C12H26N2O2. The molecule has 1 heterocycles. The molecule has 1 saturated heterocycles. The Balaban J connectivity index is 2.69. The molecule has 0 aromatic rings. The normalized spacial score (nSPS) is 26.6. The van der Waals surface area contributed by atoms with Crippen molar-refractivity contribution in [3.8, 4) is 0 Å². The second kappa shape index (κ2) is 6.55. The van der Waals surface area contributed by atoms with Crippen LogP contribution >= 0.6 is 0 Å². The maximum absolute atomic E-state index is 5.96. The van der Waals surface area contributed by atoms with Crippen molar-refractivity contribution in [3.63, 3.8) is 0 Å². The average Bonchev–Trinajstić information content (AvgIpc) is 2.36. The maximum Gasteiger partial charge on any atom is 0.0698 e. The predicted octanol–water partition coefficient (Wildman–Crippen LogP) is 0.851. The molecular weight excluding hydrogens is 204 g/mol. The molecule has 2 unspecified atom stereocenters. The molecule has 0 aromatic carbocycles. The van der Waals surface area contributed by atoms with Crippen LogP contribution in [-0.2, 0) is 9.47 Å². The van der Waals surface area contributed by atoms with E-state index in [0.717, 1.165) is 25.9 Å². The number of nitrogens with zero attached hydrogens (tertiary/aromatic N) is 1. The van der Waals surface area contributed by atoms with Crippen molar-refractivity contribution in [1.29, 1.82) is 0 Å². The Morgan fingerprint density at radius 1 is 1.44 bits per heavy atom. The fraction of sp³-hybridized carbons (Fsp3) is 1.00. The van der Waals surface area contributed by atoms with E-state index in [1.54, 1.807) is 14.2 Å². The molecule has 1 rings (SSSR count). The zero-order valence-corrected chi connectivity index (χ0v) is 10.9. The summed E-state index contributed by atoms with van der Waals surface area (Å²) in [7, 11) is 3.54. The Hall–Kier alpha value is -0.160. The molecule has 96 valence electrons. The molecule has 4 nitrogen and oxygen atoms in total. The number of nitrogens with two attached hydrogens (primary N) is 1. The van der Waals surface area contributed by atoms with Gasteiger partial charge in [-0.15, -0.1) is 0 Å². The molecule has 0 radical (unpaired) electrons. The van der Waals surface area contributed by atoms with E-state index >= 15 is 0 Å². The monoisotopic (exact) mass is 230 g/mol. The first-order chi connectivity index (χ1) is 7.72. The Kier molecular flexibility index (Phi) is 5.69. The van der Waals surface area contributed by atoms with Gasteiger partial charge in [0.05, 0.1) is 18.2 Å². The number of rotatable bonds is 6. The maximum atomic E-state index is 5.96. The lowest BCUT2D eigenvalue weighted by Crippen LogP contribution is -2.60. The van der Waals surface area contributed by atoms with Crippen molar-refractivity contribution in [2.75, 3.05) is 40.5 Å². The highest BCUT2D eigenvalue weighted by Gasteiger charge is 2.36. The van der Waals surface area contributed by atoms with Crippen LogP contribution in [0.4, 0.5) is 0 Å². The highest BCUT2D eigenvalue weighted by molar-refractivity contribution is 4.93. The lowest BCUT2D eigenvalue weighted by atomic mass is 9.91. The summed E-state index contributed by atoms with van der Waals surface area (Å²) in [5.74, 6) is 0. The van der Waals surface area contributed by atoms with Gasteiger partial charge in [-0.1, -0.05) is 6.92 Å². The van der Waals surface area contributed by atoms with E-state index in [9.17, 15) is 0 Å². The van der Waals surface area contributed by atoms with Gasteiger partial charge in [-0.25, -0.2) is 0 Å². The third-order valence-electron chi connectivity index (χ3n) is 3.83. The summed E-state index contributed by atoms with van der Waals surface area (Å²) in [6.07, 6.45) is 3.71. The zero-order chi connectivity index (χ0) is 12.0. The van der Waals surface area contributed by atoms with Crippen LogP contribution in [0.1, 0.15) is 26.2 Å². The van der Waals surface area contributed by atoms with Crippen LogP contribution in [0.25, 0.3) is 0 Å². The fourth-order valence-electron chi connectivity index (χ4n) is 2.58. The van der Waals surface area contributed by atoms with Gasteiger partial charge in [0.15, 0.2) is 0 Å². The van der Waals surface area contributed by atoms with Gasteiger partial charge in [-0.05, 0) is 25.8 Å². The Bertz CT molecular complexity index is 195. The number of likely N-dealkylation sites (tertiary alicyclic amines) is 1. The summed E-state index contributed by atoms with van der Waals surface area (Å²) >= 11 is 0. The van der Waals surface area contributed by atoms with E-state index < -0.39 is 0 Å². The lowest BCUT2D eigenvalue weighted by molar-refractivity contribution is -0.0463. The standard InChI is InChI=1S/C12H26N2O2/c1-4-12(9-13,10-15-2)14-7-5-6-11(8-14)16-3/h11H,4-10,13H2,1-3H3. The highest BCUT2D eigenvalue weighted by atomic mass is 16.5. The Morgan fingerprint density at radius 2 is 2.19 bits per heavy atom.